The molecule has 296 valence electrons. The van der Waals surface area contributed by atoms with Gasteiger partial charge in [0.2, 0.25) is 0 Å². The van der Waals surface area contributed by atoms with Crippen LogP contribution in [0.1, 0.15) is 47.2 Å². The normalized spacial score (nSPS) is 15.2. The minimum Gasteiger partial charge on any atom is -0.310 e. The molecule has 0 unspecified atom stereocenters. The zero-order chi connectivity index (χ0) is 41.8. The van der Waals surface area contributed by atoms with Gasteiger partial charge in [-0.3, -0.25) is 0 Å². The molecule has 0 fully saturated rings. The standard InChI is InChI=1S/C60H47NSi/c1-59(2)50-25-13-11-23-45(50)47-34-32-43(38-54(47)59)61(56-36-31-42(40-19-7-5-8-20-40)37-49(56)41-21-9-6-10-22-41)44-33-35-48-46-24-12-14-26-51(46)60(55(48)39-44)52-27-15-17-29-57(52)62(3,4)58-30-18-16-28-53(58)60/h5-39H,1-4H3. The van der Waals surface area contributed by atoms with E-state index in [1.165, 1.54) is 88.3 Å². The fourth-order valence-corrected chi connectivity index (χ4v) is 14.8. The van der Waals surface area contributed by atoms with Crippen LogP contribution in [0.5, 0.6) is 0 Å². The van der Waals surface area contributed by atoms with E-state index in [1.807, 2.05) is 0 Å². The second kappa shape index (κ2) is 13.5. The molecule has 9 aromatic rings. The number of anilines is 3. The monoisotopic (exact) mass is 809 g/mol. The zero-order valence-corrected chi connectivity index (χ0v) is 36.7. The van der Waals surface area contributed by atoms with Gasteiger partial charge in [-0.1, -0.05) is 203 Å². The quantitative estimate of drug-likeness (QED) is 0.157. The second-order valence-corrected chi connectivity index (χ2v) is 22.8. The van der Waals surface area contributed by atoms with Gasteiger partial charge in [0.25, 0.3) is 0 Å². The van der Waals surface area contributed by atoms with E-state index in [1.54, 1.807) is 0 Å². The predicted octanol–water partition coefficient (Wildman–Crippen LogP) is 14.3. The lowest BCUT2D eigenvalue weighted by Crippen LogP contribution is -2.63. The molecule has 2 heteroatoms. The van der Waals surface area contributed by atoms with Gasteiger partial charge in [0, 0.05) is 22.4 Å². The van der Waals surface area contributed by atoms with Crippen LogP contribution in [0.4, 0.5) is 17.1 Å². The lowest BCUT2D eigenvalue weighted by Gasteiger charge is -2.46. The molecule has 0 saturated carbocycles. The van der Waals surface area contributed by atoms with Crippen molar-refractivity contribution in [3.8, 4) is 44.5 Å². The molecule has 0 N–H and O–H groups in total. The second-order valence-electron chi connectivity index (χ2n) is 18.4. The van der Waals surface area contributed by atoms with Crippen LogP contribution in [0.2, 0.25) is 13.1 Å². The van der Waals surface area contributed by atoms with Crippen LogP contribution in [0.15, 0.2) is 212 Å². The maximum atomic E-state index is 2.55. The summed E-state index contributed by atoms with van der Waals surface area (Å²) in [6.07, 6.45) is 0. The average Bonchev–Trinajstić information content (AvgIpc) is 3.74. The highest BCUT2D eigenvalue weighted by atomic mass is 28.3. The molecule has 0 aromatic heterocycles. The molecular formula is C60H47NSi. The molecule has 2 aliphatic carbocycles. The summed E-state index contributed by atoms with van der Waals surface area (Å²) in [5.41, 5.74) is 21.2. The summed E-state index contributed by atoms with van der Waals surface area (Å²) >= 11 is 0. The molecule has 12 rings (SSSR count). The fourth-order valence-electron chi connectivity index (χ4n) is 11.6. The number of nitrogens with zero attached hydrogens (tertiary/aromatic N) is 1. The summed E-state index contributed by atoms with van der Waals surface area (Å²) in [7, 11) is -2.05. The van der Waals surface area contributed by atoms with E-state index in [0.29, 0.717) is 0 Å². The molecule has 0 saturated heterocycles. The van der Waals surface area contributed by atoms with Gasteiger partial charge in [-0.2, -0.15) is 0 Å². The Hall–Kier alpha value is -7.00. The van der Waals surface area contributed by atoms with E-state index in [-0.39, 0.29) is 5.41 Å². The minimum atomic E-state index is -2.05. The van der Waals surface area contributed by atoms with E-state index in [2.05, 4.69) is 244 Å². The van der Waals surface area contributed by atoms with Crippen molar-refractivity contribution in [1.29, 1.82) is 0 Å². The third kappa shape index (κ3) is 5.08. The van der Waals surface area contributed by atoms with Crippen molar-refractivity contribution >= 4 is 35.5 Å². The first-order valence-electron chi connectivity index (χ1n) is 22.0. The summed E-state index contributed by atoms with van der Waals surface area (Å²) in [5.74, 6) is 0. The molecule has 1 nitrogen and oxygen atoms in total. The Morgan fingerprint density at radius 1 is 0.339 bits per heavy atom. The van der Waals surface area contributed by atoms with E-state index < -0.39 is 13.5 Å². The average molecular weight is 810 g/mol. The molecule has 1 aliphatic heterocycles. The Balaban J connectivity index is 1.16. The van der Waals surface area contributed by atoms with Crippen molar-refractivity contribution in [3.05, 3.63) is 246 Å². The third-order valence-electron chi connectivity index (χ3n) is 14.6. The highest BCUT2D eigenvalue weighted by molar-refractivity contribution is 7.01. The summed E-state index contributed by atoms with van der Waals surface area (Å²) in [4.78, 5) is 2.55. The number of hydrogen-bond donors (Lipinski definition) is 0. The van der Waals surface area contributed by atoms with Crippen molar-refractivity contribution in [1.82, 2.24) is 0 Å². The van der Waals surface area contributed by atoms with Crippen molar-refractivity contribution in [3.63, 3.8) is 0 Å². The van der Waals surface area contributed by atoms with Gasteiger partial charge in [0.1, 0.15) is 8.07 Å². The van der Waals surface area contributed by atoms with E-state index in [9.17, 15) is 0 Å². The van der Waals surface area contributed by atoms with Crippen molar-refractivity contribution in [2.24, 2.45) is 0 Å². The lowest BCUT2D eigenvalue weighted by molar-refractivity contribution is 0.660. The molecule has 62 heavy (non-hydrogen) atoms. The van der Waals surface area contributed by atoms with Crippen LogP contribution < -0.4 is 15.3 Å². The SMILES string of the molecule is CC1(C)c2ccccc2-c2ccc(N(c3ccc4c(c3)C3(c5ccccc5-4)c4ccccc4[Si](C)(C)c4ccccc43)c3ccc(-c4ccccc4)cc3-c3ccccc3)cc21. The first-order valence-corrected chi connectivity index (χ1v) is 25.0. The zero-order valence-electron chi connectivity index (χ0n) is 35.7. The van der Waals surface area contributed by atoms with Crippen molar-refractivity contribution < 1.29 is 0 Å². The molecule has 0 bridgehead atoms. The van der Waals surface area contributed by atoms with Crippen molar-refractivity contribution in [2.75, 3.05) is 4.90 Å². The maximum absolute atomic E-state index is 2.55. The summed E-state index contributed by atoms with van der Waals surface area (Å²) in [6.45, 7) is 9.84. The van der Waals surface area contributed by atoms with Gasteiger partial charge in [0.05, 0.1) is 11.1 Å². The third-order valence-corrected chi connectivity index (χ3v) is 18.1. The van der Waals surface area contributed by atoms with Crippen LogP contribution in [-0.2, 0) is 10.8 Å². The van der Waals surface area contributed by atoms with Crippen LogP contribution in [0.25, 0.3) is 44.5 Å². The van der Waals surface area contributed by atoms with Crippen LogP contribution in [0.3, 0.4) is 0 Å². The molecule has 1 heterocycles. The Labute approximate surface area is 366 Å². The lowest BCUT2D eigenvalue weighted by atomic mass is 9.67. The first-order chi connectivity index (χ1) is 30.3. The number of rotatable bonds is 5. The molecule has 1 spiro atoms. The summed E-state index contributed by atoms with van der Waals surface area (Å²) in [5, 5.41) is 3.04. The molecular weight excluding hydrogens is 763 g/mol. The molecule has 9 aromatic carbocycles. The van der Waals surface area contributed by atoms with Crippen molar-refractivity contribution in [2.45, 2.75) is 37.8 Å². The van der Waals surface area contributed by atoms with E-state index in [4.69, 9.17) is 0 Å². The largest absolute Gasteiger partial charge is 0.310 e. The molecule has 0 atom stereocenters. The molecule has 0 radical (unpaired) electrons. The van der Waals surface area contributed by atoms with Gasteiger partial charge in [-0.05, 0) is 119 Å². The smallest absolute Gasteiger partial charge is 0.113 e. The number of hydrogen-bond acceptors (Lipinski definition) is 1. The van der Waals surface area contributed by atoms with Gasteiger partial charge < -0.3 is 4.90 Å². The topological polar surface area (TPSA) is 3.24 Å². The van der Waals surface area contributed by atoms with Gasteiger partial charge in [0.15, 0.2) is 0 Å². The number of benzene rings is 9. The minimum absolute atomic E-state index is 0.150. The first kappa shape index (κ1) is 36.8. The number of fused-ring (bicyclic) bond motifs is 12. The van der Waals surface area contributed by atoms with Gasteiger partial charge >= 0.3 is 0 Å². The highest BCUT2D eigenvalue weighted by Gasteiger charge is 2.54. The maximum Gasteiger partial charge on any atom is 0.113 e. The summed E-state index contributed by atoms with van der Waals surface area (Å²) < 4.78 is 0. The summed E-state index contributed by atoms with van der Waals surface area (Å²) in [6, 6.07) is 80.3. The van der Waals surface area contributed by atoms with Crippen LogP contribution in [-0.4, -0.2) is 8.07 Å². The Kier molecular flexibility index (Phi) is 8.02. The molecule has 0 amide bonds. The fraction of sp³-hybridized carbons (Fsp3) is 0.100. The van der Waals surface area contributed by atoms with Crippen LogP contribution >= 0.6 is 0 Å². The Bertz CT molecular complexity index is 3200. The Morgan fingerprint density at radius 3 is 1.44 bits per heavy atom. The van der Waals surface area contributed by atoms with Crippen LogP contribution in [0, 0.1) is 0 Å². The predicted molar refractivity (Wildman–Crippen MR) is 264 cm³/mol. The van der Waals surface area contributed by atoms with E-state index in [0.717, 1.165) is 17.1 Å². The van der Waals surface area contributed by atoms with Gasteiger partial charge in [-0.25, -0.2) is 0 Å². The highest BCUT2D eigenvalue weighted by Crippen LogP contribution is 2.59. The van der Waals surface area contributed by atoms with Gasteiger partial charge in [-0.15, -0.1) is 0 Å². The van der Waals surface area contributed by atoms with E-state index >= 15 is 0 Å². The Morgan fingerprint density at radius 2 is 0.806 bits per heavy atom. The molecule has 3 aliphatic rings.